The smallest absolute Gasteiger partial charge is 0.257 e. The number of nitrogens with one attached hydrogen (secondary N) is 1. The first kappa shape index (κ1) is 23.3. The number of hydrogen-bond acceptors (Lipinski definition) is 6. The Hall–Kier alpha value is -2.46. The minimum absolute atomic E-state index is 0.00824. The molecular weight excluding hydrogens is 459 g/mol. The highest BCUT2D eigenvalue weighted by molar-refractivity contribution is 7.91. The van der Waals surface area contributed by atoms with Gasteiger partial charge in [-0.15, -0.1) is 0 Å². The predicted octanol–water partition coefficient (Wildman–Crippen LogP) is 1.92. The van der Waals surface area contributed by atoms with Crippen LogP contribution in [0.4, 0.5) is 10.1 Å². The molecule has 3 heterocycles. The van der Waals surface area contributed by atoms with E-state index in [1.807, 2.05) is 9.47 Å². The summed E-state index contributed by atoms with van der Waals surface area (Å²) >= 11 is 0. The Morgan fingerprint density at radius 2 is 1.91 bits per heavy atom. The zero-order chi connectivity index (χ0) is 24.3. The third-order valence-electron chi connectivity index (χ3n) is 7.36. The predicted molar refractivity (Wildman–Crippen MR) is 130 cm³/mol. The Kier molecular flexibility index (Phi) is 5.71. The molecule has 184 valence electrons. The van der Waals surface area contributed by atoms with Crippen molar-refractivity contribution in [1.82, 2.24) is 14.8 Å². The number of sulfone groups is 1. The van der Waals surface area contributed by atoms with E-state index in [2.05, 4.69) is 17.1 Å². The fraction of sp³-hybridized carbons (Fsp3) is 0.583. The third kappa shape index (κ3) is 4.33. The molecule has 1 amide bonds. The number of piperazine rings is 1. The van der Waals surface area contributed by atoms with Crippen LogP contribution in [0.5, 0.6) is 0 Å². The van der Waals surface area contributed by atoms with Crippen molar-refractivity contribution < 1.29 is 17.6 Å². The Morgan fingerprint density at radius 1 is 1.21 bits per heavy atom. The second-order valence-corrected chi connectivity index (χ2v) is 12.3. The Balaban J connectivity index is 1.52. The van der Waals surface area contributed by atoms with Crippen LogP contribution in [0, 0.1) is 5.82 Å². The summed E-state index contributed by atoms with van der Waals surface area (Å²) in [5, 5.41) is 2.95. The van der Waals surface area contributed by atoms with Crippen LogP contribution in [0.2, 0.25) is 0 Å². The maximum atomic E-state index is 15.2. The van der Waals surface area contributed by atoms with E-state index in [-0.39, 0.29) is 28.5 Å². The molecule has 1 aliphatic carbocycles. The molecule has 2 aromatic rings. The number of amides is 1. The number of anilines is 1. The van der Waals surface area contributed by atoms with Gasteiger partial charge in [-0.25, -0.2) is 12.8 Å². The van der Waals surface area contributed by atoms with E-state index in [9.17, 15) is 18.0 Å². The highest BCUT2D eigenvalue weighted by Gasteiger charge is 2.40. The number of benzene rings is 1. The number of nitrogens with zero attached hydrogens (tertiary/aromatic N) is 3. The quantitative estimate of drug-likeness (QED) is 0.689. The van der Waals surface area contributed by atoms with Crippen molar-refractivity contribution in [3.63, 3.8) is 0 Å². The number of fused-ring (bicyclic) bond motifs is 1. The van der Waals surface area contributed by atoms with Crippen molar-refractivity contribution in [3.8, 4) is 0 Å². The fourth-order valence-corrected chi connectivity index (χ4v) is 7.27. The molecular formula is C24H31FN4O4S. The Bertz CT molecular complexity index is 1310. The summed E-state index contributed by atoms with van der Waals surface area (Å²) in [4.78, 5) is 30.8. The molecule has 1 unspecified atom stereocenters. The highest BCUT2D eigenvalue weighted by Crippen LogP contribution is 2.38. The fourth-order valence-electron chi connectivity index (χ4n) is 5.17. The summed E-state index contributed by atoms with van der Waals surface area (Å²) < 4.78 is 41.0. The van der Waals surface area contributed by atoms with E-state index in [0.29, 0.717) is 30.7 Å². The standard InChI is InChI=1S/C24H31FN4O4S/c1-3-27-7-9-28(10-8-27)21-13-20-17(12-19(21)25)22(30)18(14-29(20)16-4-5-16)23(31)26-24(2)6-11-34(32,33)15-24/h12-14,16H,3-11,15H2,1-2H3,(H,26,31). The van der Waals surface area contributed by atoms with Gasteiger partial charge in [0, 0.05) is 43.8 Å². The van der Waals surface area contributed by atoms with E-state index in [1.165, 1.54) is 6.07 Å². The highest BCUT2D eigenvalue weighted by atomic mass is 32.2. The first-order valence-electron chi connectivity index (χ1n) is 12.0. The number of rotatable bonds is 5. The third-order valence-corrected chi connectivity index (χ3v) is 9.27. The van der Waals surface area contributed by atoms with Crippen LogP contribution in [0.1, 0.15) is 49.5 Å². The van der Waals surface area contributed by atoms with Gasteiger partial charge in [0.15, 0.2) is 9.84 Å². The van der Waals surface area contributed by atoms with E-state index < -0.39 is 32.5 Å². The lowest BCUT2D eigenvalue weighted by atomic mass is 10.0. The largest absolute Gasteiger partial charge is 0.367 e. The van der Waals surface area contributed by atoms with Crippen molar-refractivity contribution in [2.24, 2.45) is 0 Å². The van der Waals surface area contributed by atoms with E-state index in [0.717, 1.165) is 32.5 Å². The number of aromatic nitrogens is 1. The van der Waals surface area contributed by atoms with Crippen molar-refractivity contribution in [3.05, 3.63) is 39.9 Å². The lowest BCUT2D eigenvalue weighted by Gasteiger charge is -2.35. The van der Waals surface area contributed by atoms with Gasteiger partial charge in [-0.1, -0.05) is 6.92 Å². The van der Waals surface area contributed by atoms with Crippen LogP contribution in [0.3, 0.4) is 0 Å². The second kappa shape index (κ2) is 8.34. The van der Waals surface area contributed by atoms with Crippen LogP contribution in [0.25, 0.3) is 10.9 Å². The molecule has 3 fully saturated rings. The minimum Gasteiger partial charge on any atom is -0.367 e. The van der Waals surface area contributed by atoms with Gasteiger partial charge in [0.1, 0.15) is 11.4 Å². The van der Waals surface area contributed by atoms with Gasteiger partial charge in [-0.2, -0.15) is 0 Å². The monoisotopic (exact) mass is 490 g/mol. The van der Waals surface area contributed by atoms with Crippen molar-refractivity contribution in [2.45, 2.75) is 44.7 Å². The Morgan fingerprint density at radius 3 is 2.50 bits per heavy atom. The van der Waals surface area contributed by atoms with Gasteiger partial charge in [0.2, 0.25) is 5.43 Å². The molecule has 1 N–H and O–H groups in total. The number of likely N-dealkylation sites (N-methyl/N-ethyl adjacent to an activating group) is 1. The van der Waals surface area contributed by atoms with Gasteiger partial charge in [-0.3, -0.25) is 9.59 Å². The van der Waals surface area contributed by atoms with E-state index in [1.54, 1.807) is 19.2 Å². The van der Waals surface area contributed by atoms with Crippen molar-refractivity contribution in [1.29, 1.82) is 0 Å². The SMILES string of the molecule is CCN1CCN(c2cc3c(cc2F)c(=O)c(C(=O)NC2(C)CCS(=O)(=O)C2)cn3C2CC2)CC1. The minimum atomic E-state index is -3.22. The summed E-state index contributed by atoms with van der Waals surface area (Å²) in [5.41, 5.74) is -0.410. The van der Waals surface area contributed by atoms with Gasteiger partial charge in [0.05, 0.1) is 28.2 Å². The van der Waals surface area contributed by atoms with Gasteiger partial charge in [0.25, 0.3) is 5.91 Å². The molecule has 1 atom stereocenters. The molecule has 0 spiro atoms. The van der Waals surface area contributed by atoms with Crippen LogP contribution < -0.4 is 15.6 Å². The number of hydrogen-bond donors (Lipinski definition) is 1. The molecule has 2 aliphatic heterocycles. The number of carbonyl (C=O) groups is 1. The average molecular weight is 491 g/mol. The average Bonchev–Trinajstić information content (AvgIpc) is 3.59. The van der Waals surface area contributed by atoms with E-state index in [4.69, 9.17) is 0 Å². The maximum Gasteiger partial charge on any atom is 0.257 e. The summed E-state index contributed by atoms with van der Waals surface area (Å²) in [6.45, 7) is 7.90. The lowest BCUT2D eigenvalue weighted by Crippen LogP contribution is -2.48. The summed E-state index contributed by atoms with van der Waals surface area (Å²) in [6, 6.07) is 3.17. The normalized spacial score (nSPS) is 25.1. The molecule has 1 aromatic heterocycles. The van der Waals surface area contributed by atoms with Crippen LogP contribution in [-0.2, 0) is 9.84 Å². The van der Waals surface area contributed by atoms with Crippen LogP contribution >= 0.6 is 0 Å². The summed E-state index contributed by atoms with van der Waals surface area (Å²) in [5.74, 6) is -1.22. The maximum absolute atomic E-state index is 15.2. The molecule has 1 saturated carbocycles. The molecule has 0 radical (unpaired) electrons. The molecule has 3 aliphatic rings. The Labute approximate surface area is 198 Å². The lowest BCUT2D eigenvalue weighted by molar-refractivity contribution is 0.0913. The molecule has 8 nitrogen and oxygen atoms in total. The first-order chi connectivity index (χ1) is 16.1. The molecule has 2 saturated heterocycles. The zero-order valence-electron chi connectivity index (χ0n) is 19.6. The van der Waals surface area contributed by atoms with Crippen LogP contribution in [0.15, 0.2) is 23.1 Å². The topological polar surface area (TPSA) is 91.7 Å². The summed E-state index contributed by atoms with van der Waals surface area (Å²) in [7, 11) is -3.22. The van der Waals surface area contributed by atoms with E-state index >= 15 is 4.39 Å². The van der Waals surface area contributed by atoms with Crippen LogP contribution in [-0.4, -0.2) is 73.6 Å². The first-order valence-corrected chi connectivity index (χ1v) is 13.8. The molecule has 1 aromatic carbocycles. The molecule has 5 rings (SSSR count). The number of carbonyl (C=O) groups excluding carboxylic acids is 1. The molecule has 10 heteroatoms. The second-order valence-electron chi connectivity index (χ2n) is 10.1. The van der Waals surface area contributed by atoms with Gasteiger partial charge >= 0.3 is 0 Å². The van der Waals surface area contributed by atoms with Gasteiger partial charge < -0.3 is 19.7 Å². The van der Waals surface area contributed by atoms with Crippen molar-refractivity contribution in [2.75, 3.05) is 49.1 Å². The number of pyridine rings is 1. The van der Waals surface area contributed by atoms with Crippen molar-refractivity contribution >= 4 is 32.3 Å². The molecule has 34 heavy (non-hydrogen) atoms. The summed E-state index contributed by atoms with van der Waals surface area (Å²) in [6.07, 6.45) is 3.73. The molecule has 0 bridgehead atoms. The zero-order valence-corrected chi connectivity index (χ0v) is 20.5. The number of halogens is 1. The van der Waals surface area contributed by atoms with Gasteiger partial charge in [-0.05, 0) is 44.9 Å².